The molecule has 3 aromatic rings. The summed E-state index contributed by atoms with van der Waals surface area (Å²) in [5.74, 6) is 1.67. The molecule has 1 aliphatic rings. The lowest BCUT2D eigenvalue weighted by Gasteiger charge is -2.23. The van der Waals surface area contributed by atoms with Crippen molar-refractivity contribution in [2.75, 3.05) is 13.7 Å². The Bertz CT molecular complexity index is 938. The first-order chi connectivity index (χ1) is 14.2. The summed E-state index contributed by atoms with van der Waals surface area (Å²) in [6.07, 6.45) is 3.83. The number of benzene rings is 2. The molecule has 0 saturated carbocycles. The van der Waals surface area contributed by atoms with Crippen molar-refractivity contribution >= 4 is 5.91 Å². The summed E-state index contributed by atoms with van der Waals surface area (Å²) in [7, 11) is 1.65. The Balaban J connectivity index is 1.35. The van der Waals surface area contributed by atoms with Crippen LogP contribution in [0.4, 0.5) is 0 Å². The van der Waals surface area contributed by atoms with E-state index in [0.29, 0.717) is 13.0 Å². The maximum absolute atomic E-state index is 12.8. The van der Waals surface area contributed by atoms with Gasteiger partial charge >= 0.3 is 0 Å². The molecule has 29 heavy (non-hydrogen) atoms. The van der Waals surface area contributed by atoms with Gasteiger partial charge in [-0.25, -0.2) is 0 Å². The summed E-state index contributed by atoms with van der Waals surface area (Å²) in [4.78, 5) is 14.7. The van der Waals surface area contributed by atoms with Gasteiger partial charge in [-0.05, 0) is 36.6 Å². The molecule has 2 aromatic carbocycles. The molecule has 1 aromatic heterocycles. The molecule has 0 N–H and O–H groups in total. The molecule has 2 heterocycles. The second-order valence-corrected chi connectivity index (χ2v) is 7.09. The zero-order valence-corrected chi connectivity index (χ0v) is 16.4. The smallest absolute Gasteiger partial charge is 0.227 e. The van der Waals surface area contributed by atoms with E-state index in [1.54, 1.807) is 13.4 Å². The van der Waals surface area contributed by atoms with Crippen LogP contribution in [0.5, 0.6) is 11.5 Å². The molecule has 1 fully saturated rings. The minimum absolute atomic E-state index is 0.0182. The van der Waals surface area contributed by atoms with Crippen LogP contribution in [0.3, 0.4) is 0 Å². The van der Waals surface area contributed by atoms with E-state index < -0.39 is 0 Å². The van der Waals surface area contributed by atoms with Crippen molar-refractivity contribution in [1.29, 1.82) is 0 Å². The van der Waals surface area contributed by atoms with Gasteiger partial charge in [-0.3, -0.25) is 4.79 Å². The van der Waals surface area contributed by atoms with Crippen molar-refractivity contribution < 1.29 is 18.8 Å². The van der Waals surface area contributed by atoms with Crippen LogP contribution in [-0.4, -0.2) is 29.6 Å². The average molecular weight is 392 g/mol. The van der Waals surface area contributed by atoms with Gasteiger partial charge in [0.15, 0.2) is 0 Å². The van der Waals surface area contributed by atoms with Crippen molar-refractivity contribution in [1.82, 2.24) is 10.1 Å². The molecule has 0 spiro atoms. The molecular weight excluding hydrogens is 368 g/mol. The average Bonchev–Trinajstić information content (AvgIpc) is 3.45. The lowest BCUT2D eigenvalue weighted by molar-refractivity contribution is -0.131. The van der Waals surface area contributed by atoms with Crippen molar-refractivity contribution in [3.63, 3.8) is 0 Å². The van der Waals surface area contributed by atoms with Gasteiger partial charge < -0.3 is 18.9 Å². The molecule has 0 bridgehead atoms. The van der Waals surface area contributed by atoms with Crippen molar-refractivity contribution in [3.05, 3.63) is 77.7 Å². The maximum atomic E-state index is 12.8. The van der Waals surface area contributed by atoms with Gasteiger partial charge in [-0.1, -0.05) is 35.5 Å². The predicted octanol–water partition coefficient (Wildman–Crippen LogP) is 4.17. The van der Waals surface area contributed by atoms with Crippen LogP contribution >= 0.6 is 0 Å². The summed E-state index contributed by atoms with van der Waals surface area (Å²) < 4.78 is 16.2. The van der Waals surface area contributed by atoms with Gasteiger partial charge in [0.25, 0.3) is 0 Å². The summed E-state index contributed by atoms with van der Waals surface area (Å²) in [6, 6.07) is 17.3. The standard InChI is InChI=1S/C23H24N2O4/c1-27-22-7-3-2-5-18(22)16-28-19-10-8-17(9-11-19)15-23(26)25-13-4-6-21(25)20-12-14-29-24-20/h2-3,5,7-12,14,21H,4,6,13,15-16H2,1H3. The molecule has 1 saturated heterocycles. The highest BCUT2D eigenvalue weighted by molar-refractivity contribution is 5.79. The molecule has 4 rings (SSSR count). The van der Waals surface area contributed by atoms with Gasteiger partial charge in [0, 0.05) is 18.2 Å². The second kappa shape index (κ2) is 8.82. The number of para-hydroxylation sites is 1. The van der Waals surface area contributed by atoms with Crippen LogP contribution in [0.1, 0.15) is 35.7 Å². The SMILES string of the molecule is COc1ccccc1COc1ccc(CC(=O)N2CCCC2c2ccon2)cc1. The van der Waals surface area contributed by atoms with Crippen LogP contribution in [0.15, 0.2) is 65.4 Å². The fraction of sp³-hybridized carbons (Fsp3) is 0.304. The molecule has 6 nitrogen and oxygen atoms in total. The van der Waals surface area contributed by atoms with E-state index in [0.717, 1.165) is 47.7 Å². The first-order valence-electron chi connectivity index (χ1n) is 9.78. The summed E-state index contributed by atoms with van der Waals surface area (Å²) in [6.45, 7) is 1.19. The Hall–Kier alpha value is -3.28. The molecule has 0 radical (unpaired) electrons. The fourth-order valence-electron chi connectivity index (χ4n) is 3.73. The van der Waals surface area contributed by atoms with E-state index in [9.17, 15) is 4.79 Å². The highest BCUT2D eigenvalue weighted by Gasteiger charge is 2.31. The topological polar surface area (TPSA) is 64.8 Å². The minimum atomic E-state index is 0.0182. The van der Waals surface area contributed by atoms with E-state index in [-0.39, 0.29) is 11.9 Å². The van der Waals surface area contributed by atoms with Crippen molar-refractivity contribution in [2.24, 2.45) is 0 Å². The normalized spacial score (nSPS) is 16.0. The summed E-state index contributed by atoms with van der Waals surface area (Å²) in [5, 5.41) is 4.01. The van der Waals surface area contributed by atoms with Gasteiger partial charge in [-0.2, -0.15) is 0 Å². The van der Waals surface area contributed by atoms with E-state index in [1.807, 2.05) is 59.5 Å². The number of likely N-dealkylation sites (tertiary alicyclic amines) is 1. The number of carbonyl (C=O) groups is 1. The molecule has 150 valence electrons. The van der Waals surface area contributed by atoms with Crippen molar-refractivity contribution in [3.8, 4) is 11.5 Å². The van der Waals surface area contributed by atoms with Crippen LogP contribution in [0.25, 0.3) is 0 Å². The van der Waals surface area contributed by atoms with Crippen LogP contribution in [0.2, 0.25) is 0 Å². The largest absolute Gasteiger partial charge is 0.496 e. The Morgan fingerprint density at radius 3 is 2.76 bits per heavy atom. The Kier molecular flexibility index (Phi) is 5.79. The number of nitrogens with zero attached hydrogens (tertiary/aromatic N) is 2. The number of aromatic nitrogens is 1. The molecular formula is C23H24N2O4. The number of hydrogen-bond donors (Lipinski definition) is 0. The number of hydrogen-bond acceptors (Lipinski definition) is 5. The number of amides is 1. The summed E-state index contributed by atoms with van der Waals surface area (Å²) >= 11 is 0. The number of ether oxygens (including phenoxy) is 2. The molecule has 1 amide bonds. The van der Waals surface area contributed by atoms with Gasteiger partial charge in [0.05, 0.1) is 19.6 Å². The van der Waals surface area contributed by atoms with Crippen molar-refractivity contribution in [2.45, 2.75) is 31.9 Å². The Morgan fingerprint density at radius 2 is 2.00 bits per heavy atom. The number of carbonyl (C=O) groups excluding carboxylic acids is 1. The molecule has 1 aliphatic heterocycles. The fourth-order valence-corrected chi connectivity index (χ4v) is 3.73. The van der Waals surface area contributed by atoms with E-state index in [1.165, 1.54) is 0 Å². The second-order valence-electron chi connectivity index (χ2n) is 7.09. The highest BCUT2D eigenvalue weighted by Crippen LogP contribution is 2.31. The quantitative estimate of drug-likeness (QED) is 0.604. The van der Waals surface area contributed by atoms with E-state index >= 15 is 0 Å². The van der Waals surface area contributed by atoms with E-state index in [4.69, 9.17) is 14.0 Å². The lowest BCUT2D eigenvalue weighted by Crippen LogP contribution is -2.32. The lowest BCUT2D eigenvalue weighted by atomic mass is 10.1. The third-order valence-corrected chi connectivity index (χ3v) is 5.24. The maximum Gasteiger partial charge on any atom is 0.227 e. The third kappa shape index (κ3) is 4.42. The van der Waals surface area contributed by atoms with Crippen LogP contribution in [0, 0.1) is 0 Å². The monoisotopic (exact) mass is 392 g/mol. The summed E-state index contributed by atoms with van der Waals surface area (Å²) in [5.41, 5.74) is 2.78. The minimum Gasteiger partial charge on any atom is -0.496 e. The molecule has 1 unspecified atom stereocenters. The Labute approximate surface area is 170 Å². The number of methoxy groups -OCH3 is 1. The highest BCUT2D eigenvalue weighted by atomic mass is 16.5. The van der Waals surface area contributed by atoms with E-state index in [2.05, 4.69) is 5.16 Å². The molecule has 0 aliphatic carbocycles. The van der Waals surface area contributed by atoms with Crippen LogP contribution < -0.4 is 9.47 Å². The third-order valence-electron chi connectivity index (χ3n) is 5.24. The van der Waals surface area contributed by atoms with Crippen LogP contribution in [-0.2, 0) is 17.8 Å². The van der Waals surface area contributed by atoms with Gasteiger partial charge in [0.1, 0.15) is 30.1 Å². The first kappa shape index (κ1) is 19.1. The predicted molar refractivity (Wildman–Crippen MR) is 108 cm³/mol. The van der Waals surface area contributed by atoms with Gasteiger partial charge in [0.2, 0.25) is 5.91 Å². The van der Waals surface area contributed by atoms with Gasteiger partial charge in [-0.15, -0.1) is 0 Å². The Morgan fingerprint density at radius 1 is 1.17 bits per heavy atom. The zero-order chi connectivity index (χ0) is 20.1. The zero-order valence-electron chi connectivity index (χ0n) is 16.4. The first-order valence-corrected chi connectivity index (χ1v) is 9.78. The molecule has 6 heteroatoms. The number of rotatable bonds is 7. The molecule has 1 atom stereocenters.